The van der Waals surface area contributed by atoms with Crippen LogP contribution in [0.4, 0.5) is 0 Å². The zero-order chi connectivity index (χ0) is 17.3. The van der Waals surface area contributed by atoms with Crippen molar-refractivity contribution < 1.29 is 0 Å². The highest BCUT2D eigenvalue weighted by atomic mass is 32.2. The number of fused-ring (bicyclic) bond motifs is 1. The van der Waals surface area contributed by atoms with Gasteiger partial charge >= 0.3 is 0 Å². The van der Waals surface area contributed by atoms with Gasteiger partial charge in [0.1, 0.15) is 0 Å². The molecular weight excluding hydrogens is 340 g/mol. The van der Waals surface area contributed by atoms with E-state index in [-0.39, 0.29) is 5.41 Å². The van der Waals surface area contributed by atoms with Gasteiger partial charge in [0.15, 0.2) is 0 Å². The van der Waals surface area contributed by atoms with Gasteiger partial charge in [-0.05, 0) is 34.7 Å². The van der Waals surface area contributed by atoms with Gasteiger partial charge < -0.3 is 0 Å². The standard InChI is InChI=1S/C23H22S2/c1-23(2)21(17-11-5-3-6-12-17)25-20-16-10-9-15-19(20)22(23)24-18-13-7-4-8-14-18/h3-16,21-22H,1-2H3/t21-,22+/m1/s1. The fraction of sp³-hybridized carbons (Fsp3) is 0.217. The molecule has 0 unspecified atom stereocenters. The fourth-order valence-electron chi connectivity index (χ4n) is 3.60. The lowest BCUT2D eigenvalue weighted by Crippen LogP contribution is -2.30. The summed E-state index contributed by atoms with van der Waals surface area (Å²) in [6, 6.07) is 30.7. The summed E-state index contributed by atoms with van der Waals surface area (Å²) in [6.45, 7) is 4.85. The quantitative estimate of drug-likeness (QED) is 0.476. The Labute approximate surface area is 159 Å². The third-order valence-electron chi connectivity index (χ3n) is 4.90. The number of benzene rings is 3. The lowest BCUT2D eigenvalue weighted by atomic mass is 9.78. The molecule has 1 aliphatic rings. The van der Waals surface area contributed by atoms with Crippen LogP contribution in [0.2, 0.25) is 0 Å². The predicted molar refractivity (Wildman–Crippen MR) is 110 cm³/mol. The molecule has 0 radical (unpaired) electrons. The van der Waals surface area contributed by atoms with E-state index in [2.05, 4.69) is 98.8 Å². The Morgan fingerprint density at radius 1 is 0.760 bits per heavy atom. The van der Waals surface area contributed by atoms with Crippen molar-refractivity contribution in [1.82, 2.24) is 0 Å². The topological polar surface area (TPSA) is 0 Å². The molecule has 2 atom stereocenters. The molecule has 1 heterocycles. The van der Waals surface area contributed by atoms with Crippen LogP contribution in [-0.4, -0.2) is 0 Å². The zero-order valence-electron chi connectivity index (χ0n) is 14.6. The van der Waals surface area contributed by atoms with Crippen LogP contribution < -0.4 is 0 Å². The molecule has 4 rings (SSSR count). The smallest absolute Gasteiger partial charge is 0.0420 e. The monoisotopic (exact) mass is 362 g/mol. The van der Waals surface area contributed by atoms with Crippen molar-refractivity contribution in [3.05, 3.63) is 96.1 Å². The molecule has 0 fully saturated rings. The molecule has 25 heavy (non-hydrogen) atoms. The summed E-state index contributed by atoms with van der Waals surface area (Å²) in [5.74, 6) is 0. The lowest BCUT2D eigenvalue weighted by molar-refractivity contribution is 0.335. The van der Waals surface area contributed by atoms with Gasteiger partial charge in [-0.25, -0.2) is 0 Å². The SMILES string of the molecule is CC1(C)[C@@H](c2ccccc2)Sc2ccccc2[C@@H]1Sc1ccccc1. The van der Waals surface area contributed by atoms with Gasteiger partial charge in [-0.15, -0.1) is 23.5 Å². The van der Waals surface area contributed by atoms with Crippen LogP contribution in [0.3, 0.4) is 0 Å². The second-order valence-corrected chi connectivity index (χ2v) is 9.40. The number of rotatable bonds is 3. The summed E-state index contributed by atoms with van der Waals surface area (Å²) < 4.78 is 0. The van der Waals surface area contributed by atoms with Gasteiger partial charge in [-0.3, -0.25) is 0 Å². The van der Waals surface area contributed by atoms with Gasteiger partial charge in [-0.2, -0.15) is 0 Å². The van der Waals surface area contributed by atoms with Gasteiger partial charge in [-0.1, -0.05) is 80.6 Å². The molecule has 0 aliphatic carbocycles. The highest BCUT2D eigenvalue weighted by Crippen LogP contribution is 2.64. The average Bonchev–Trinajstić information content (AvgIpc) is 2.65. The Balaban J connectivity index is 1.79. The third kappa shape index (κ3) is 3.26. The van der Waals surface area contributed by atoms with E-state index in [1.54, 1.807) is 0 Å². The van der Waals surface area contributed by atoms with Crippen molar-refractivity contribution >= 4 is 23.5 Å². The summed E-state index contributed by atoms with van der Waals surface area (Å²) in [5, 5.41) is 0.877. The Hall–Kier alpha value is -1.64. The van der Waals surface area contributed by atoms with Crippen LogP contribution >= 0.6 is 23.5 Å². The molecule has 0 nitrogen and oxygen atoms in total. The molecular formula is C23H22S2. The molecule has 0 N–H and O–H groups in total. The molecule has 2 heteroatoms. The predicted octanol–water partition coefficient (Wildman–Crippen LogP) is 7.39. The maximum absolute atomic E-state index is 2.42. The van der Waals surface area contributed by atoms with E-state index in [9.17, 15) is 0 Å². The van der Waals surface area contributed by atoms with Crippen LogP contribution in [-0.2, 0) is 0 Å². The van der Waals surface area contributed by atoms with E-state index >= 15 is 0 Å². The van der Waals surface area contributed by atoms with Crippen LogP contribution in [0, 0.1) is 5.41 Å². The number of hydrogen-bond acceptors (Lipinski definition) is 2. The molecule has 3 aromatic carbocycles. The minimum atomic E-state index is 0.140. The summed E-state index contributed by atoms with van der Waals surface area (Å²) >= 11 is 4.02. The molecule has 0 aromatic heterocycles. The van der Waals surface area contributed by atoms with Crippen LogP contribution in [0.15, 0.2) is 94.7 Å². The van der Waals surface area contributed by atoms with E-state index in [0.717, 1.165) is 0 Å². The van der Waals surface area contributed by atoms with Crippen LogP contribution in [0.25, 0.3) is 0 Å². The fourth-order valence-corrected chi connectivity index (χ4v) is 6.58. The highest BCUT2D eigenvalue weighted by molar-refractivity contribution is 8.01. The van der Waals surface area contributed by atoms with Crippen molar-refractivity contribution in [3.8, 4) is 0 Å². The first-order valence-electron chi connectivity index (χ1n) is 8.68. The Kier molecular flexibility index (Phi) is 4.66. The van der Waals surface area contributed by atoms with Gasteiger partial charge in [0, 0.05) is 20.3 Å². The normalized spacial score (nSPS) is 21.5. The highest BCUT2D eigenvalue weighted by Gasteiger charge is 2.44. The first-order chi connectivity index (χ1) is 12.2. The van der Waals surface area contributed by atoms with Gasteiger partial charge in [0.25, 0.3) is 0 Å². The zero-order valence-corrected chi connectivity index (χ0v) is 16.2. The summed E-state index contributed by atoms with van der Waals surface area (Å²) in [5.41, 5.74) is 3.03. The maximum atomic E-state index is 2.42. The Bertz CT molecular complexity index is 840. The van der Waals surface area contributed by atoms with Crippen molar-refractivity contribution in [3.63, 3.8) is 0 Å². The number of hydrogen-bond donors (Lipinski definition) is 0. The van der Waals surface area contributed by atoms with Crippen molar-refractivity contribution in [1.29, 1.82) is 0 Å². The molecule has 3 aromatic rings. The van der Waals surface area contributed by atoms with E-state index in [4.69, 9.17) is 0 Å². The Morgan fingerprint density at radius 2 is 1.36 bits per heavy atom. The van der Waals surface area contributed by atoms with E-state index in [0.29, 0.717) is 10.5 Å². The summed E-state index contributed by atoms with van der Waals surface area (Å²) in [7, 11) is 0. The molecule has 0 saturated carbocycles. The third-order valence-corrected chi connectivity index (χ3v) is 8.28. The first-order valence-corrected chi connectivity index (χ1v) is 10.4. The molecule has 0 spiro atoms. The molecule has 0 bridgehead atoms. The average molecular weight is 363 g/mol. The summed E-state index contributed by atoms with van der Waals surface area (Å²) in [6.07, 6.45) is 0. The molecule has 0 saturated heterocycles. The molecule has 0 amide bonds. The van der Waals surface area contributed by atoms with Crippen molar-refractivity contribution in [2.24, 2.45) is 5.41 Å². The second kappa shape index (κ2) is 6.93. The van der Waals surface area contributed by atoms with Crippen molar-refractivity contribution in [2.45, 2.75) is 34.1 Å². The van der Waals surface area contributed by atoms with Crippen LogP contribution in [0.1, 0.15) is 35.5 Å². The van der Waals surface area contributed by atoms with Gasteiger partial charge in [0.2, 0.25) is 0 Å². The maximum Gasteiger partial charge on any atom is 0.0420 e. The minimum absolute atomic E-state index is 0.140. The minimum Gasteiger partial charge on any atom is -0.117 e. The first kappa shape index (κ1) is 16.8. The number of thioether (sulfide) groups is 2. The van der Waals surface area contributed by atoms with E-state index in [1.165, 1.54) is 20.9 Å². The lowest BCUT2D eigenvalue weighted by Gasteiger charge is -2.45. The largest absolute Gasteiger partial charge is 0.117 e. The van der Waals surface area contributed by atoms with E-state index in [1.807, 2.05) is 23.5 Å². The summed E-state index contributed by atoms with van der Waals surface area (Å²) in [4.78, 5) is 2.76. The molecule has 126 valence electrons. The molecule has 1 aliphatic heterocycles. The van der Waals surface area contributed by atoms with Crippen LogP contribution in [0.5, 0.6) is 0 Å². The Morgan fingerprint density at radius 3 is 2.08 bits per heavy atom. The van der Waals surface area contributed by atoms with E-state index < -0.39 is 0 Å². The second-order valence-electron chi connectivity index (χ2n) is 7.08. The van der Waals surface area contributed by atoms with Gasteiger partial charge in [0.05, 0.1) is 0 Å². The van der Waals surface area contributed by atoms with Crippen molar-refractivity contribution in [2.75, 3.05) is 0 Å².